The van der Waals surface area contributed by atoms with E-state index in [1.807, 2.05) is 0 Å². The molecule has 6 nitrogen and oxygen atoms in total. The molecule has 94 valence electrons. The Hall–Kier alpha value is -1.59. The van der Waals surface area contributed by atoms with Gasteiger partial charge in [0.1, 0.15) is 5.41 Å². The highest BCUT2D eigenvalue weighted by Crippen LogP contribution is 2.42. The molecule has 1 aliphatic heterocycles. The van der Waals surface area contributed by atoms with Crippen LogP contribution in [0.3, 0.4) is 0 Å². The second kappa shape index (κ2) is 4.01. The molecule has 2 fully saturated rings. The van der Waals surface area contributed by atoms with Crippen LogP contribution in [0.25, 0.3) is 0 Å². The summed E-state index contributed by atoms with van der Waals surface area (Å²) in [4.78, 5) is 37.8. The van der Waals surface area contributed by atoms with Gasteiger partial charge in [-0.2, -0.15) is 0 Å². The van der Waals surface area contributed by atoms with Gasteiger partial charge in [-0.1, -0.05) is 6.42 Å². The number of rotatable bonds is 2. The molecule has 6 heteroatoms. The molecule has 1 heterocycles. The zero-order chi connectivity index (χ0) is 12.6. The summed E-state index contributed by atoms with van der Waals surface area (Å²) >= 11 is 0. The van der Waals surface area contributed by atoms with E-state index in [0.717, 1.165) is 6.42 Å². The van der Waals surface area contributed by atoms with Crippen LogP contribution in [0.2, 0.25) is 0 Å². The van der Waals surface area contributed by atoms with Gasteiger partial charge in [-0.15, -0.1) is 0 Å². The van der Waals surface area contributed by atoms with Gasteiger partial charge in [-0.25, -0.2) is 0 Å². The van der Waals surface area contributed by atoms with Crippen molar-refractivity contribution in [2.24, 2.45) is 5.41 Å². The predicted octanol–water partition coefficient (Wildman–Crippen LogP) is -0.458. The summed E-state index contributed by atoms with van der Waals surface area (Å²) in [6.45, 7) is 0.904. The molecule has 1 N–H and O–H groups in total. The smallest absolute Gasteiger partial charge is 0.319 e. The van der Waals surface area contributed by atoms with Crippen LogP contribution in [0, 0.1) is 5.41 Å². The minimum absolute atomic E-state index is 0.00433. The molecule has 0 atom stereocenters. The molecule has 0 unspecified atom stereocenters. The topological polar surface area (TPSA) is 77.9 Å². The fourth-order valence-electron chi connectivity index (χ4n) is 2.28. The van der Waals surface area contributed by atoms with Crippen molar-refractivity contribution < 1.29 is 19.5 Å². The third kappa shape index (κ3) is 1.77. The van der Waals surface area contributed by atoms with E-state index in [1.54, 1.807) is 11.9 Å². The van der Waals surface area contributed by atoms with Crippen LogP contribution in [-0.2, 0) is 14.4 Å². The van der Waals surface area contributed by atoms with E-state index >= 15 is 0 Å². The third-order valence-electron chi connectivity index (χ3n) is 3.77. The Balaban J connectivity index is 2.10. The molecule has 1 saturated heterocycles. The number of aliphatic carboxylic acids is 1. The maximum absolute atomic E-state index is 12.2. The molecule has 1 saturated carbocycles. The molecule has 0 radical (unpaired) electrons. The van der Waals surface area contributed by atoms with Gasteiger partial charge >= 0.3 is 5.97 Å². The lowest BCUT2D eigenvalue weighted by atomic mass is 9.67. The summed E-state index contributed by atoms with van der Waals surface area (Å²) in [7, 11) is 1.68. The van der Waals surface area contributed by atoms with Crippen LogP contribution in [0.1, 0.15) is 19.3 Å². The molecular weight excluding hydrogens is 224 g/mol. The van der Waals surface area contributed by atoms with E-state index in [0.29, 0.717) is 25.9 Å². The third-order valence-corrected chi connectivity index (χ3v) is 3.77. The Labute approximate surface area is 99.2 Å². The quantitative estimate of drug-likeness (QED) is 0.663. The number of likely N-dealkylation sites (N-methyl/N-ethyl adjacent to an activating group) is 1. The van der Waals surface area contributed by atoms with Crippen LogP contribution >= 0.6 is 0 Å². The van der Waals surface area contributed by atoms with Crippen molar-refractivity contribution in [1.82, 2.24) is 9.80 Å². The van der Waals surface area contributed by atoms with Gasteiger partial charge in [0, 0.05) is 20.1 Å². The van der Waals surface area contributed by atoms with Crippen LogP contribution in [0.15, 0.2) is 0 Å². The highest BCUT2D eigenvalue weighted by Gasteiger charge is 2.53. The number of piperazine rings is 1. The van der Waals surface area contributed by atoms with Gasteiger partial charge < -0.3 is 14.9 Å². The van der Waals surface area contributed by atoms with Crippen LogP contribution < -0.4 is 0 Å². The van der Waals surface area contributed by atoms with Crippen LogP contribution in [0.4, 0.5) is 0 Å². The maximum Gasteiger partial charge on any atom is 0.319 e. The normalized spacial score (nSPS) is 23.2. The lowest BCUT2D eigenvalue weighted by Crippen LogP contribution is -2.58. The second-order valence-electron chi connectivity index (χ2n) is 4.78. The first-order chi connectivity index (χ1) is 7.97. The molecule has 2 amide bonds. The fraction of sp³-hybridized carbons (Fsp3) is 0.727. The van der Waals surface area contributed by atoms with Crippen molar-refractivity contribution in [3.05, 3.63) is 0 Å². The first-order valence-corrected chi connectivity index (χ1v) is 5.74. The van der Waals surface area contributed by atoms with Crippen LogP contribution in [-0.4, -0.2) is 59.4 Å². The first-order valence-electron chi connectivity index (χ1n) is 5.74. The Bertz CT molecular complexity index is 376. The Kier molecular flexibility index (Phi) is 2.81. The second-order valence-corrected chi connectivity index (χ2v) is 4.78. The highest BCUT2D eigenvalue weighted by molar-refractivity contribution is 6.04. The van der Waals surface area contributed by atoms with Crippen molar-refractivity contribution >= 4 is 17.8 Å². The van der Waals surface area contributed by atoms with Crippen molar-refractivity contribution in [2.75, 3.05) is 26.7 Å². The van der Waals surface area contributed by atoms with Crippen LogP contribution in [0.5, 0.6) is 0 Å². The Morgan fingerprint density at radius 3 is 2.35 bits per heavy atom. The van der Waals surface area contributed by atoms with Gasteiger partial charge in [-0.05, 0) is 12.8 Å². The molecule has 0 aromatic carbocycles. The first kappa shape index (κ1) is 11.9. The molecule has 2 rings (SSSR count). The molecule has 0 bridgehead atoms. The van der Waals surface area contributed by atoms with E-state index in [1.165, 1.54) is 4.90 Å². The summed E-state index contributed by atoms with van der Waals surface area (Å²) in [5, 5.41) is 9.16. The number of carbonyl (C=O) groups excluding carboxylic acids is 2. The molecule has 0 spiro atoms. The summed E-state index contributed by atoms with van der Waals surface area (Å²) in [5.41, 5.74) is -1.25. The monoisotopic (exact) mass is 240 g/mol. The lowest BCUT2D eigenvalue weighted by Gasteiger charge is -2.42. The molecule has 17 heavy (non-hydrogen) atoms. The molecule has 2 aliphatic rings. The summed E-state index contributed by atoms with van der Waals surface area (Å²) in [5.74, 6) is -1.58. The summed E-state index contributed by atoms with van der Waals surface area (Å²) in [6.07, 6.45) is 1.54. The van der Waals surface area contributed by atoms with Crippen molar-refractivity contribution in [3.63, 3.8) is 0 Å². The van der Waals surface area contributed by atoms with Gasteiger partial charge in [0.2, 0.25) is 11.8 Å². The lowest BCUT2D eigenvalue weighted by molar-refractivity contribution is -0.170. The number of hydrogen-bond acceptors (Lipinski definition) is 3. The summed E-state index contributed by atoms with van der Waals surface area (Å²) in [6, 6.07) is 0. The standard InChI is InChI=1S/C11H16N2O4/c1-12-5-6-13(7-8(12)14)9(15)11(10(16)17)3-2-4-11/h2-7H2,1H3,(H,16,17). The zero-order valence-corrected chi connectivity index (χ0v) is 9.81. The number of nitrogens with zero attached hydrogens (tertiary/aromatic N) is 2. The minimum Gasteiger partial charge on any atom is -0.480 e. The Morgan fingerprint density at radius 1 is 1.29 bits per heavy atom. The van der Waals surface area contributed by atoms with E-state index in [4.69, 9.17) is 5.11 Å². The number of hydrogen-bond donors (Lipinski definition) is 1. The van der Waals surface area contributed by atoms with E-state index in [9.17, 15) is 14.4 Å². The molecule has 1 aliphatic carbocycles. The van der Waals surface area contributed by atoms with Gasteiger partial charge in [0.15, 0.2) is 0 Å². The van der Waals surface area contributed by atoms with E-state index < -0.39 is 17.3 Å². The average molecular weight is 240 g/mol. The SMILES string of the molecule is CN1CCN(C(=O)C2(C(=O)O)CCC2)CC1=O. The fourth-order valence-corrected chi connectivity index (χ4v) is 2.28. The molecule has 0 aromatic rings. The number of carbonyl (C=O) groups is 3. The van der Waals surface area contributed by atoms with E-state index in [-0.39, 0.29) is 12.5 Å². The predicted molar refractivity (Wildman–Crippen MR) is 58.1 cm³/mol. The zero-order valence-electron chi connectivity index (χ0n) is 9.81. The Morgan fingerprint density at radius 2 is 1.94 bits per heavy atom. The van der Waals surface area contributed by atoms with Gasteiger partial charge in [0.25, 0.3) is 0 Å². The number of carboxylic acid groups (broad SMARTS) is 1. The number of amides is 2. The highest BCUT2D eigenvalue weighted by atomic mass is 16.4. The van der Waals surface area contributed by atoms with Gasteiger partial charge in [0.05, 0.1) is 6.54 Å². The minimum atomic E-state index is -1.25. The van der Waals surface area contributed by atoms with Gasteiger partial charge in [-0.3, -0.25) is 14.4 Å². The van der Waals surface area contributed by atoms with Crippen molar-refractivity contribution in [3.8, 4) is 0 Å². The van der Waals surface area contributed by atoms with Crippen molar-refractivity contribution in [1.29, 1.82) is 0 Å². The largest absolute Gasteiger partial charge is 0.480 e. The van der Waals surface area contributed by atoms with Crippen molar-refractivity contribution in [2.45, 2.75) is 19.3 Å². The average Bonchev–Trinajstić information content (AvgIpc) is 2.19. The number of carboxylic acids is 1. The maximum atomic E-state index is 12.2. The van der Waals surface area contributed by atoms with E-state index in [2.05, 4.69) is 0 Å². The molecule has 0 aromatic heterocycles. The summed E-state index contributed by atoms with van der Waals surface area (Å²) < 4.78 is 0. The molecular formula is C11H16N2O4.